The van der Waals surface area contributed by atoms with Crippen LogP contribution in [0.15, 0.2) is 24.3 Å². The summed E-state index contributed by atoms with van der Waals surface area (Å²) >= 11 is 0. The average molecular weight is 263 g/mol. The fourth-order valence-electron chi connectivity index (χ4n) is 2.46. The normalized spacial score (nSPS) is 22.3. The molecule has 19 heavy (non-hydrogen) atoms. The number of ketones is 1. The number of methoxy groups -OCH3 is 1. The zero-order valence-electron chi connectivity index (χ0n) is 11.5. The van der Waals surface area contributed by atoms with Gasteiger partial charge in [-0.2, -0.15) is 0 Å². The molecule has 1 fully saturated rings. The number of carbonyl (C=O) groups excluding carboxylic acids is 1. The Bertz CT molecular complexity index is 447. The number of benzene rings is 1. The van der Waals surface area contributed by atoms with Crippen LogP contribution >= 0.6 is 0 Å². The largest absolute Gasteiger partial charge is 0.497 e. The van der Waals surface area contributed by atoms with Crippen LogP contribution in [0.1, 0.15) is 25.0 Å². The molecule has 0 aliphatic carbocycles. The van der Waals surface area contributed by atoms with Crippen LogP contribution in [-0.4, -0.2) is 42.5 Å². The minimum atomic E-state index is -0.546. The van der Waals surface area contributed by atoms with Gasteiger partial charge >= 0.3 is 0 Å². The number of likely N-dealkylation sites (tertiary alicyclic amines) is 1. The first-order valence-electron chi connectivity index (χ1n) is 6.67. The van der Waals surface area contributed by atoms with E-state index in [1.807, 2.05) is 31.2 Å². The Morgan fingerprint density at radius 3 is 3.00 bits per heavy atom. The maximum absolute atomic E-state index is 11.5. The van der Waals surface area contributed by atoms with E-state index in [1.165, 1.54) is 0 Å². The van der Waals surface area contributed by atoms with Crippen molar-refractivity contribution in [3.05, 3.63) is 29.8 Å². The van der Waals surface area contributed by atoms with Gasteiger partial charge in [0.05, 0.1) is 13.2 Å². The molecule has 104 valence electrons. The first-order chi connectivity index (χ1) is 9.10. The van der Waals surface area contributed by atoms with E-state index in [0.717, 1.165) is 24.4 Å². The first-order valence-corrected chi connectivity index (χ1v) is 6.67. The molecular weight excluding hydrogens is 242 g/mol. The number of piperidine rings is 1. The van der Waals surface area contributed by atoms with Crippen LogP contribution in [0, 0.1) is 5.92 Å². The Balaban J connectivity index is 1.96. The van der Waals surface area contributed by atoms with Crippen LogP contribution < -0.4 is 4.74 Å². The molecule has 1 aromatic rings. The van der Waals surface area contributed by atoms with Crippen molar-refractivity contribution in [1.29, 1.82) is 0 Å². The van der Waals surface area contributed by atoms with Gasteiger partial charge in [-0.25, -0.2) is 0 Å². The quantitative estimate of drug-likeness (QED) is 0.897. The van der Waals surface area contributed by atoms with E-state index in [4.69, 9.17) is 4.74 Å². The summed E-state index contributed by atoms with van der Waals surface area (Å²) in [4.78, 5) is 13.6. The first kappa shape index (κ1) is 14.0. The van der Waals surface area contributed by atoms with Crippen molar-refractivity contribution in [3.63, 3.8) is 0 Å². The average Bonchev–Trinajstić information content (AvgIpc) is 2.43. The fraction of sp³-hybridized carbons (Fsp3) is 0.533. The van der Waals surface area contributed by atoms with Crippen molar-refractivity contribution >= 4 is 5.78 Å². The number of nitrogens with zero attached hydrogens (tertiary/aromatic N) is 1. The fourth-order valence-corrected chi connectivity index (χ4v) is 2.46. The molecule has 1 aliphatic rings. The molecule has 1 heterocycles. The highest BCUT2D eigenvalue weighted by atomic mass is 16.5. The second-order valence-electron chi connectivity index (χ2n) is 5.17. The van der Waals surface area contributed by atoms with E-state index in [9.17, 15) is 9.90 Å². The summed E-state index contributed by atoms with van der Waals surface area (Å²) in [6.07, 6.45) is 0.0435. The molecule has 1 saturated heterocycles. The molecule has 1 aliphatic heterocycles. The lowest BCUT2D eigenvalue weighted by Crippen LogP contribution is -2.41. The van der Waals surface area contributed by atoms with Crippen LogP contribution in [-0.2, 0) is 4.79 Å². The van der Waals surface area contributed by atoms with Crippen molar-refractivity contribution in [2.75, 3.05) is 26.7 Å². The number of ether oxygens (including phenoxy) is 1. The molecule has 2 unspecified atom stereocenters. The summed E-state index contributed by atoms with van der Waals surface area (Å²) in [6.45, 7) is 3.99. The summed E-state index contributed by atoms with van der Waals surface area (Å²) < 4.78 is 5.16. The molecule has 0 bridgehead atoms. The van der Waals surface area contributed by atoms with E-state index < -0.39 is 6.10 Å². The Morgan fingerprint density at radius 2 is 2.32 bits per heavy atom. The summed E-state index contributed by atoms with van der Waals surface area (Å²) in [5, 5.41) is 10.3. The predicted molar refractivity (Wildman–Crippen MR) is 73.2 cm³/mol. The van der Waals surface area contributed by atoms with Gasteiger partial charge in [0.1, 0.15) is 11.5 Å². The molecule has 1 N–H and O–H groups in total. The molecule has 0 aromatic heterocycles. The third-order valence-electron chi connectivity index (χ3n) is 3.67. The van der Waals surface area contributed by atoms with Gasteiger partial charge in [0.25, 0.3) is 0 Å². The number of carbonyl (C=O) groups is 1. The van der Waals surface area contributed by atoms with Crippen LogP contribution in [0.5, 0.6) is 5.75 Å². The number of hydrogen-bond donors (Lipinski definition) is 1. The van der Waals surface area contributed by atoms with Crippen LogP contribution in [0.25, 0.3) is 0 Å². The molecule has 0 amide bonds. The SMILES string of the molecule is COc1cccc(C(O)CN2CCC(=O)C(C)C2)c1. The Kier molecular flexibility index (Phi) is 4.56. The van der Waals surface area contributed by atoms with Gasteiger partial charge in [0.2, 0.25) is 0 Å². The van der Waals surface area contributed by atoms with E-state index >= 15 is 0 Å². The molecule has 2 rings (SSSR count). The van der Waals surface area contributed by atoms with Crippen molar-refractivity contribution < 1.29 is 14.6 Å². The zero-order valence-corrected chi connectivity index (χ0v) is 11.5. The van der Waals surface area contributed by atoms with Gasteiger partial charge < -0.3 is 9.84 Å². The van der Waals surface area contributed by atoms with Gasteiger partial charge in [0.15, 0.2) is 0 Å². The monoisotopic (exact) mass is 263 g/mol. The molecule has 0 radical (unpaired) electrons. The van der Waals surface area contributed by atoms with Crippen LogP contribution in [0.3, 0.4) is 0 Å². The van der Waals surface area contributed by atoms with E-state index in [0.29, 0.717) is 18.7 Å². The Morgan fingerprint density at radius 1 is 1.53 bits per heavy atom. The van der Waals surface area contributed by atoms with Crippen LogP contribution in [0.2, 0.25) is 0 Å². The minimum absolute atomic E-state index is 0.0752. The van der Waals surface area contributed by atoms with Gasteiger partial charge in [0, 0.05) is 32.0 Å². The van der Waals surface area contributed by atoms with Gasteiger partial charge in [-0.05, 0) is 17.7 Å². The van der Waals surface area contributed by atoms with Crippen molar-refractivity contribution in [1.82, 2.24) is 4.90 Å². The van der Waals surface area contributed by atoms with E-state index in [1.54, 1.807) is 7.11 Å². The highest BCUT2D eigenvalue weighted by Gasteiger charge is 2.25. The number of aliphatic hydroxyl groups excluding tert-OH is 1. The predicted octanol–water partition coefficient (Wildman–Crippen LogP) is 1.64. The molecule has 4 heteroatoms. The Hall–Kier alpha value is -1.39. The number of aliphatic hydroxyl groups is 1. The van der Waals surface area contributed by atoms with E-state index in [-0.39, 0.29) is 5.92 Å². The maximum atomic E-state index is 11.5. The highest BCUT2D eigenvalue weighted by Crippen LogP contribution is 2.21. The van der Waals surface area contributed by atoms with Crippen molar-refractivity contribution in [2.45, 2.75) is 19.4 Å². The molecule has 0 spiro atoms. The van der Waals surface area contributed by atoms with Gasteiger partial charge in [-0.3, -0.25) is 9.69 Å². The van der Waals surface area contributed by atoms with Crippen molar-refractivity contribution in [3.8, 4) is 5.75 Å². The number of Topliss-reactive ketones (excluding diaryl/α,β-unsaturated/α-hetero) is 1. The molecule has 1 aromatic carbocycles. The lowest BCUT2D eigenvalue weighted by atomic mass is 9.98. The summed E-state index contributed by atoms with van der Waals surface area (Å²) in [5.41, 5.74) is 0.851. The summed E-state index contributed by atoms with van der Waals surface area (Å²) in [5.74, 6) is 1.15. The number of hydrogen-bond acceptors (Lipinski definition) is 4. The molecule has 2 atom stereocenters. The van der Waals surface area contributed by atoms with Gasteiger partial charge in [-0.15, -0.1) is 0 Å². The molecular formula is C15H21NO3. The highest BCUT2D eigenvalue weighted by molar-refractivity contribution is 5.81. The molecule has 0 saturated carbocycles. The number of rotatable bonds is 4. The maximum Gasteiger partial charge on any atom is 0.138 e. The topological polar surface area (TPSA) is 49.8 Å². The van der Waals surface area contributed by atoms with Gasteiger partial charge in [-0.1, -0.05) is 19.1 Å². The summed E-state index contributed by atoms with van der Waals surface area (Å²) in [6, 6.07) is 7.48. The third-order valence-corrected chi connectivity index (χ3v) is 3.67. The lowest BCUT2D eigenvalue weighted by Gasteiger charge is -2.31. The third kappa shape index (κ3) is 3.55. The summed E-state index contributed by atoms with van der Waals surface area (Å²) in [7, 11) is 1.61. The number of β-amino-alcohol motifs (C(OH)–C–C–N with tert-alkyl or cyclic N) is 1. The van der Waals surface area contributed by atoms with E-state index in [2.05, 4.69) is 4.90 Å². The zero-order chi connectivity index (χ0) is 13.8. The van der Waals surface area contributed by atoms with Crippen molar-refractivity contribution in [2.24, 2.45) is 5.92 Å². The second kappa shape index (κ2) is 6.17. The minimum Gasteiger partial charge on any atom is -0.497 e. The lowest BCUT2D eigenvalue weighted by molar-refractivity contribution is -0.126. The standard InChI is InChI=1S/C15H21NO3/c1-11-9-16(7-6-14(11)17)10-15(18)12-4-3-5-13(8-12)19-2/h3-5,8,11,15,18H,6-7,9-10H2,1-2H3. The molecule has 4 nitrogen and oxygen atoms in total. The van der Waals surface area contributed by atoms with Crippen LogP contribution in [0.4, 0.5) is 0 Å². The Labute approximate surface area is 114 Å². The second-order valence-corrected chi connectivity index (χ2v) is 5.17. The smallest absolute Gasteiger partial charge is 0.138 e.